The van der Waals surface area contributed by atoms with Gasteiger partial charge in [0.25, 0.3) is 0 Å². The van der Waals surface area contributed by atoms with Gasteiger partial charge >= 0.3 is 0 Å². The summed E-state index contributed by atoms with van der Waals surface area (Å²) in [6.45, 7) is 3.45. The van der Waals surface area contributed by atoms with Crippen molar-refractivity contribution in [1.82, 2.24) is 24.7 Å². The van der Waals surface area contributed by atoms with Crippen LogP contribution in [0, 0.1) is 0 Å². The fraction of sp³-hybridized carbons (Fsp3) is 0.500. The lowest BCUT2D eigenvalue weighted by Crippen LogP contribution is -2.33. The van der Waals surface area contributed by atoms with Crippen LogP contribution in [0.2, 0.25) is 0 Å². The average Bonchev–Trinajstić information content (AvgIpc) is 3.24. The molecule has 146 valence electrons. The third kappa shape index (κ3) is 4.66. The summed E-state index contributed by atoms with van der Waals surface area (Å²) in [6.07, 6.45) is 5.01. The number of hydrogen-bond donors (Lipinski definition) is 1. The van der Waals surface area contributed by atoms with Crippen LogP contribution in [-0.2, 0) is 11.3 Å². The van der Waals surface area contributed by atoms with Gasteiger partial charge in [-0.3, -0.25) is 4.98 Å². The van der Waals surface area contributed by atoms with E-state index in [9.17, 15) is 0 Å². The fourth-order valence-corrected chi connectivity index (χ4v) is 3.95. The average molecular weight is 388 g/mol. The Labute approximate surface area is 167 Å². The summed E-state index contributed by atoms with van der Waals surface area (Å²) >= 11 is 5.72. The Morgan fingerprint density at radius 1 is 1.22 bits per heavy atom. The fourth-order valence-electron chi connectivity index (χ4n) is 3.61. The van der Waals surface area contributed by atoms with Gasteiger partial charge in [-0.1, -0.05) is 6.07 Å². The molecular weight excluding hydrogens is 358 g/mol. The molecule has 7 heteroatoms. The number of pyridine rings is 1. The lowest BCUT2D eigenvalue weighted by molar-refractivity contribution is 0.183. The molecule has 0 aromatic carbocycles. The van der Waals surface area contributed by atoms with E-state index in [0.717, 1.165) is 36.9 Å². The number of thiocarbonyl (C=S) groups is 1. The highest BCUT2D eigenvalue weighted by molar-refractivity contribution is 7.80. The minimum Gasteiger partial charge on any atom is -0.383 e. The van der Waals surface area contributed by atoms with Crippen molar-refractivity contribution >= 4 is 17.3 Å². The Morgan fingerprint density at radius 3 is 2.78 bits per heavy atom. The molecule has 0 bridgehead atoms. The molecule has 1 N–H and O–H groups in total. The summed E-state index contributed by atoms with van der Waals surface area (Å²) in [7, 11) is 5.94. The quantitative estimate of drug-likeness (QED) is 0.667. The van der Waals surface area contributed by atoms with E-state index in [1.165, 1.54) is 5.69 Å². The second kappa shape index (κ2) is 9.30. The first-order valence-electron chi connectivity index (χ1n) is 9.38. The van der Waals surface area contributed by atoms with Gasteiger partial charge < -0.3 is 24.4 Å². The molecular formula is C20H29N5OS. The maximum Gasteiger partial charge on any atom is 0.170 e. The van der Waals surface area contributed by atoms with E-state index in [2.05, 4.69) is 63.2 Å². The third-order valence-electron chi connectivity index (χ3n) is 4.91. The molecule has 1 saturated heterocycles. The Hall–Kier alpha value is -1.96. The number of methoxy groups -OCH3 is 1. The molecule has 0 spiro atoms. The minimum absolute atomic E-state index is 0.0363. The number of rotatable bonds is 9. The first kappa shape index (κ1) is 19.8. The Kier molecular flexibility index (Phi) is 6.82. The second-order valence-electron chi connectivity index (χ2n) is 7.10. The minimum atomic E-state index is 0.0363. The van der Waals surface area contributed by atoms with Crippen molar-refractivity contribution in [1.29, 1.82) is 0 Å². The van der Waals surface area contributed by atoms with E-state index in [0.29, 0.717) is 6.61 Å². The van der Waals surface area contributed by atoms with Gasteiger partial charge in [-0.05, 0) is 63.5 Å². The van der Waals surface area contributed by atoms with Crippen molar-refractivity contribution in [2.24, 2.45) is 0 Å². The van der Waals surface area contributed by atoms with Crippen LogP contribution in [0.1, 0.15) is 29.9 Å². The summed E-state index contributed by atoms with van der Waals surface area (Å²) in [5, 5.41) is 4.32. The molecule has 3 rings (SSSR count). The summed E-state index contributed by atoms with van der Waals surface area (Å²) in [4.78, 5) is 9.12. The summed E-state index contributed by atoms with van der Waals surface area (Å²) < 4.78 is 7.55. The molecule has 0 amide bonds. The van der Waals surface area contributed by atoms with Crippen LogP contribution in [0.4, 0.5) is 0 Å². The largest absolute Gasteiger partial charge is 0.383 e. The van der Waals surface area contributed by atoms with Gasteiger partial charge in [-0.25, -0.2) is 0 Å². The molecule has 1 aliphatic heterocycles. The van der Waals surface area contributed by atoms with Gasteiger partial charge in [-0.2, -0.15) is 0 Å². The van der Waals surface area contributed by atoms with Crippen molar-refractivity contribution in [3.63, 3.8) is 0 Å². The van der Waals surface area contributed by atoms with Crippen molar-refractivity contribution in [3.8, 4) is 0 Å². The van der Waals surface area contributed by atoms with Crippen LogP contribution < -0.4 is 5.32 Å². The van der Waals surface area contributed by atoms with E-state index in [1.54, 1.807) is 7.11 Å². The first-order valence-corrected chi connectivity index (χ1v) is 9.79. The molecule has 1 aliphatic rings. The first-order chi connectivity index (χ1) is 13.1. The standard InChI is InChI=1S/C20H29N5OS/c1-23(2)11-7-13-25-19(17-9-6-12-24(17)14-15-26-3)18(22-20(25)27)16-8-4-5-10-21-16/h4-6,8-10,12,18-19H,7,11,13-15H2,1-3H3,(H,22,27)/t18-,19-/m1/s1. The zero-order valence-electron chi connectivity index (χ0n) is 16.3. The van der Waals surface area contributed by atoms with Crippen LogP contribution in [-0.4, -0.2) is 65.4 Å². The van der Waals surface area contributed by atoms with Crippen LogP contribution in [0.25, 0.3) is 0 Å². The maximum atomic E-state index is 5.72. The lowest BCUT2D eigenvalue weighted by Gasteiger charge is -2.29. The van der Waals surface area contributed by atoms with E-state index in [4.69, 9.17) is 17.0 Å². The van der Waals surface area contributed by atoms with E-state index in [1.807, 2.05) is 18.3 Å². The molecule has 27 heavy (non-hydrogen) atoms. The SMILES string of the molecule is COCCn1cccc1[C@@H]1[C@@H](c2ccccn2)NC(=S)N1CCCN(C)C. The molecule has 2 aromatic heterocycles. The smallest absolute Gasteiger partial charge is 0.170 e. The Morgan fingerprint density at radius 2 is 2.07 bits per heavy atom. The number of nitrogens with one attached hydrogen (secondary N) is 1. The zero-order valence-corrected chi connectivity index (χ0v) is 17.2. The van der Waals surface area contributed by atoms with E-state index < -0.39 is 0 Å². The van der Waals surface area contributed by atoms with Crippen molar-refractivity contribution in [2.45, 2.75) is 25.0 Å². The predicted octanol–water partition coefficient (Wildman–Crippen LogP) is 2.45. The molecule has 1 fully saturated rings. The summed E-state index contributed by atoms with van der Waals surface area (Å²) in [5.74, 6) is 0. The number of ether oxygens (including phenoxy) is 1. The third-order valence-corrected chi connectivity index (χ3v) is 5.26. The molecule has 2 atom stereocenters. The van der Waals surface area contributed by atoms with E-state index >= 15 is 0 Å². The monoisotopic (exact) mass is 387 g/mol. The Bertz CT molecular complexity index is 733. The Balaban J connectivity index is 1.90. The molecule has 2 aromatic rings. The van der Waals surface area contributed by atoms with E-state index in [-0.39, 0.29) is 12.1 Å². The highest BCUT2D eigenvalue weighted by atomic mass is 32.1. The zero-order chi connectivity index (χ0) is 19.2. The van der Waals surface area contributed by atoms with Gasteiger partial charge in [0.05, 0.1) is 24.4 Å². The molecule has 0 unspecified atom stereocenters. The maximum absolute atomic E-state index is 5.72. The van der Waals surface area contributed by atoms with Crippen molar-refractivity contribution in [2.75, 3.05) is 40.9 Å². The lowest BCUT2D eigenvalue weighted by atomic mass is 10.0. The van der Waals surface area contributed by atoms with Crippen LogP contribution >= 0.6 is 12.2 Å². The van der Waals surface area contributed by atoms with Crippen molar-refractivity contribution < 1.29 is 4.74 Å². The highest BCUT2D eigenvalue weighted by Gasteiger charge is 2.40. The summed E-state index contributed by atoms with van der Waals surface area (Å²) in [6, 6.07) is 10.5. The molecule has 0 aliphatic carbocycles. The van der Waals surface area contributed by atoms with Crippen LogP contribution in [0.15, 0.2) is 42.7 Å². The topological polar surface area (TPSA) is 45.6 Å². The van der Waals surface area contributed by atoms with Crippen LogP contribution in [0.3, 0.4) is 0 Å². The van der Waals surface area contributed by atoms with Gasteiger partial charge in [0.2, 0.25) is 0 Å². The summed E-state index contributed by atoms with van der Waals surface area (Å²) in [5.41, 5.74) is 2.25. The second-order valence-corrected chi connectivity index (χ2v) is 7.48. The normalized spacial score (nSPS) is 19.7. The van der Waals surface area contributed by atoms with Crippen LogP contribution in [0.5, 0.6) is 0 Å². The molecule has 0 radical (unpaired) electrons. The van der Waals surface area contributed by atoms with Gasteiger partial charge in [-0.15, -0.1) is 0 Å². The van der Waals surface area contributed by atoms with Crippen molar-refractivity contribution in [3.05, 3.63) is 54.1 Å². The van der Waals surface area contributed by atoms with Gasteiger partial charge in [0, 0.05) is 38.3 Å². The predicted molar refractivity (Wildman–Crippen MR) is 112 cm³/mol. The van der Waals surface area contributed by atoms with Gasteiger partial charge in [0.1, 0.15) is 0 Å². The number of nitrogens with zero attached hydrogens (tertiary/aromatic N) is 4. The molecule has 6 nitrogen and oxygen atoms in total. The molecule has 3 heterocycles. The van der Waals surface area contributed by atoms with Gasteiger partial charge in [0.15, 0.2) is 5.11 Å². The highest BCUT2D eigenvalue weighted by Crippen LogP contribution is 2.38. The number of hydrogen-bond acceptors (Lipinski definition) is 4. The molecule has 0 saturated carbocycles. The number of aromatic nitrogens is 2.